The van der Waals surface area contributed by atoms with Crippen LogP contribution >= 0.6 is 0 Å². The molecular weight excluding hydrogens is 280 g/mol. The summed E-state index contributed by atoms with van der Waals surface area (Å²) in [7, 11) is 0. The van der Waals surface area contributed by atoms with Gasteiger partial charge in [0, 0.05) is 17.7 Å². The van der Waals surface area contributed by atoms with Gasteiger partial charge in [0.25, 0.3) is 5.91 Å². The Balaban J connectivity index is 2.45. The Morgan fingerprint density at radius 1 is 1.14 bits per heavy atom. The van der Waals surface area contributed by atoms with Gasteiger partial charge in [-0.15, -0.1) is 0 Å². The van der Waals surface area contributed by atoms with E-state index in [0.717, 1.165) is 12.1 Å². The van der Waals surface area contributed by atoms with E-state index in [0.29, 0.717) is 25.3 Å². The minimum atomic E-state index is -0.845. The third-order valence-electron chi connectivity index (χ3n) is 3.20. The summed E-state index contributed by atoms with van der Waals surface area (Å²) in [4.78, 5) is 22.5. The first kappa shape index (κ1) is 17.1. The Bertz CT molecular complexity index is 499. The highest BCUT2D eigenvalue weighted by Crippen LogP contribution is 2.11. The van der Waals surface area contributed by atoms with E-state index in [9.17, 15) is 18.4 Å². The molecule has 0 aliphatic heterocycles. The van der Waals surface area contributed by atoms with Crippen molar-refractivity contribution < 1.29 is 23.5 Å². The molecule has 2 N–H and O–H groups in total. The van der Waals surface area contributed by atoms with Crippen LogP contribution in [0.2, 0.25) is 0 Å². The van der Waals surface area contributed by atoms with Crippen molar-refractivity contribution in [3.05, 3.63) is 35.4 Å². The standard InChI is InChI=1S/C15H19F2NO3/c1-9(15(20)21)4-3-5-10(2)18-14(19)11-6-12(16)8-13(17)7-11/h6-10H,3-5H2,1-2H3,(H,18,19)(H,20,21). The zero-order chi connectivity index (χ0) is 16.0. The highest BCUT2D eigenvalue weighted by Gasteiger charge is 2.14. The zero-order valence-electron chi connectivity index (χ0n) is 12.0. The molecule has 0 aromatic heterocycles. The molecule has 4 nitrogen and oxygen atoms in total. The van der Waals surface area contributed by atoms with E-state index in [1.807, 2.05) is 0 Å². The predicted octanol–water partition coefficient (Wildman–Crippen LogP) is 2.97. The lowest BCUT2D eigenvalue weighted by molar-refractivity contribution is -0.141. The van der Waals surface area contributed by atoms with Gasteiger partial charge < -0.3 is 10.4 Å². The van der Waals surface area contributed by atoms with Crippen molar-refractivity contribution in [2.75, 3.05) is 0 Å². The van der Waals surface area contributed by atoms with E-state index in [1.165, 1.54) is 0 Å². The monoisotopic (exact) mass is 299 g/mol. The maximum absolute atomic E-state index is 13.0. The van der Waals surface area contributed by atoms with Crippen molar-refractivity contribution in [2.45, 2.75) is 39.2 Å². The van der Waals surface area contributed by atoms with Crippen molar-refractivity contribution in [3.8, 4) is 0 Å². The zero-order valence-corrected chi connectivity index (χ0v) is 12.0. The van der Waals surface area contributed by atoms with Gasteiger partial charge in [-0.05, 0) is 31.9 Å². The van der Waals surface area contributed by atoms with E-state index in [-0.39, 0.29) is 11.6 Å². The van der Waals surface area contributed by atoms with Crippen molar-refractivity contribution in [3.63, 3.8) is 0 Å². The number of carbonyl (C=O) groups is 2. The third kappa shape index (κ3) is 5.89. The van der Waals surface area contributed by atoms with Crippen LogP contribution in [-0.4, -0.2) is 23.0 Å². The number of carbonyl (C=O) groups excluding carboxylic acids is 1. The van der Waals surface area contributed by atoms with Gasteiger partial charge in [0.1, 0.15) is 11.6 Å². The minimum absolute atomic E-state index is 0.0711. The van der Waals surface area contributed by atoms with Gasteiger partial charge in [-0.25, -0.2) is 8.78 Å². The molecule has 0 aliphatic rings. The lowest BCUT2D eigenvalue weighted by Gasteiger charge is -2.14. The maximum atomic E-state index is 13.0. The van der Waals surface area contributed by atoms with E-state index >= 15 is 0 Å². The predicted molar refractivity (Wildman–Crippen MR) is 73.9 cm³/mol. The van der Waals surface area contributed by atoms with E-state index in [2.05, 4.69) is 5.32 Å². The van der Waals surface area contributed by atoms with Crippen LogP contribution in [0.25, 0.3) is 0 Å². The molecule has 1 rings (SSSR count). The fourth-order valence-corrected chi connectivity index (χ4v) is 1.92. The smallest absolute Gasteiger partial charge is 0.306 e. The Kier molecular flexibility index (Phi) is 6.27. The van der Waals surface area contributed by atoms with Crippen molar-refractivity contribution in [1.29, 1.82) is 0 Å². The molecule has 0 saturated heterocycles. The van der Waals surface area contributed by atoms with Gasteiger partial charge in [-0.1, -0.05) is 13.3 Å². The molecule has 1 aromatic rings. The number of aliphatic carboxylic acids is 1. The molecule has 0 bridgehead atoms. The van der Waals surface area contributed by atoms with Crippen molar-refractivity contribution in [1.82, 2.24) is 5.32 Å². The Hall–Kier alpha value is -1.98. The van der Waals surface area contributed by atoms with Crippen LogP contribution in [0.15, 0.2) is 18.2 Å². The van der Waals surface area contributed by atoms with Crippen LogP contribution in [-0.2, 0) is 4.79 Å². The van der Waals surface area contributed by atoms with Gasteiger partial charge in [-0.3, -0.25) is 9.59 Å². The Morgan fingerprint density at radius 2 is 1.71 bits per heavy atom. The Morgan fingerprint density at radius 3 is 2.24 bits per heavy atom. The summed E-state index contributed by atoms with van der Waals surface area (Å²) in [6, 6.07) is 2.44. The minimum Gasteiger partial charge on any atom is -0.481 e. The summed E-state index contributed by atoms with van der Waals surface area (Å²) in [5, 5.41) is 11.4. The number of rotatable bonds is 7. The topological polar surface area (TPSA) is 66.4 Å². The number of hydrogen-bond acceptors (Lipinski definition) is 2. The SMILES string of the molecule is CC(CCCC(C)C(=O)O)NC(=O)c1cc(F)cc(F)c1. The summed E-state index contributed by atoms with van der Waals surface area (Å²) in [5.74, 6) is -3.43. The van der Waals surface area contributed by atoms with Crippen molar-refractivity contribution in [2.24, 2.45) is 5.92 Å². The number of amides is 1. The van der Waals surface area contributed by atoms with Gasteiger partial charge in [0.15, 0.2) is 0 Å². The molecular formula is C15H19F2NO3. The van der Waals surface area contributed by atoms with Gasteiger partial charge in [0.05, 0.1) is 5.92 Å². The molecule has 1 amide bonds. The molecule has 116 valence electrons. The fourth-order valence-electron chi connectivity index (χ4n) is 1.92. The summed E-state index contributed by atoms with van der Waals surface area (Å²) in [6.07, 6.45) is 1.76. The van der Waals surface area contributed by atoms with Gasteiger partial charge in [0.2, 0.25) is 0 Å². The highest BCUT2D eigenvalue weighted by molar-refractivity contribution is 5.94. The molecule has 6 heteroatoms. The van der Waals surface area contributed by atoms with Gasteiger partial charge >= 0.3 is 5.97 Å². The van der Waals surface area contributed by atoms with Crippen LogP contribution in [0.5, 0.6) is 0 Å². The second-order valence-corrected chi connectivity index (χ2v) is 5.20. The molecule has 0 fully saturated rings. The third-order valence-corrected chi connectivity index (χ3v) is 3.20. The van der Waals surface area contributed by atoms with Crippen LogP contribution in [0.4, 0.5) is 8.78 Å². The quantitative estimate of drug-likeness (QED) is 0.813. The average molecular weight is 299 g/mol. The molecule has 0 heterocycles. The maximum Gasteiger partial charge on any atom is 0.306 e. The normalized spacial score (nSPS) is 13.5. The first-order chi connectivity index (χ1) is 9.79. The Labute approximate surface area is 122 Å². The van der Waals surface area contributed by atoms with Crippen LogP contribution in [0.1, 0.15) is 43.5 Å². The summed E-state index contributed by atoms with van der Waals surface area (Å²) >= 11 is 0. The van der Waals surface area contributed by atoms with E-state index < -0.39 is 29.4 Å². The van der Waals surface area contributed by atoms with E-state index in [1.54, 1.807) is 13.8 Å². The highest BCUT2D eigenvalue weighted by atomic mass is 19.1. The molecule has 0 spiro atoms. The molecule has 2 atom stereocenters. The van der Waals surface area contributed by atoms with Crippen molar-refractivity contribution >= 4 is 11.9 Å². The number of hydrogen-bond donors (Lipinski definition) is 2. The fraction of sp³-hybridized carbons (Fsp3) is 0.467. The molecule has 0 radical (unpaired) electrons. The number of halogens is 2. The number of benzene rings is 1. The van der Waals surface area contributed by atoms with Crippen LogP contribution in [0.3, 0.4) is 0 Å². The number of carboxylic acids is 1. The van der Waals surface area contributed by atoms with Crippen LogP contribution in [0, 0.1) is 17.6 Å². The molecule has 2 unspecified atom stereocenters. The summed E-state index contributed by atoms with van der Waals surface area (Å²) < 4.78 is 26.0. The van der Waals surface area contributed by atoms with Crippen LogP contribution < -0.4 is 5.32 Å². The first-order valence-electron chi connectivity index (χ1n) is 6.79. The lowest BCUT2D eigenvalue weighted by atomic mass is 10.0. The lowest BCUT2D eigenvalue weighted by Crippen LogP contribution is -2.32. The second kappa shape index (κ2) is 7.71. The average Bonchev–Trinajstić information content (AvgIpc) is 2.37. The molecule has 1 aromatic carbocycles. The molecule has 0 aliphatic carbocycles. The molecule has 21 heavy (non-hydrogen) atoms. The summed E-state index contributed by atoms with van der Waals surface area (Å²) in [6.45, 7) is 3.39. The second-order valence-electron chi connectivity index (χ2n) is 5.20. The van der Waals surface area contributed by atoms with E-state index in [4.69, 9.17) is 5.11 Å². The largest absolute Gasteiger partial charge is 0.481 e. The van der Waals surface area contributed by atoms with Gasteiger partial charge in [-0.2, -0.15) is 0 Å². The summed E-state index contributed by atoms with van der Waals surface area (Å²) in [5.41, 5.74) is -0.0711. The number of nitrogens with one attached hydrogen (secondary N) is 1. The first-order valence-corrected chi connectivity index (χ1v) is 6.79. The molecule has 0 saturated carbocycles. The number of carboxylic acid groups (broad SMARTS) is 1.